The SMILES string of the molecule is Nc1ccc2nc(N3CCNCC3)ccc2c1. The zero-order valence-corrected chi connectivity index (χ0v) is 9.69. The number of rotatable bonds is 1. The first kappa shape index (κ1) is 10.4. The maximum Gasteiger partial charge on any atom is 0.129 e. The molecular formula is C13H16N4. The van der Waals surface area contributed by atoms with Crippen molar-refractivity contribution in [1.29, 1.82) is 0 Å². The first-order chi connectivity index (χ1) is 8.33. The van der Waals surface area contributed by atoms with Gasteiger partial charge in [-0.15, -0.1) is 0 Å². The molecule has 0 atom stereocenters. The molecule has 1 aliphatic rings. The molecule has 0 spiro atoms. The fraction of sp³-hybridized carbons (Fsp3) is 0.308. The Hall–Kier alpha value is -1.81. The van der Waals surface area contributed by atoms with E-state index in [1.54, 1.807) is 0 Å². The number of fused-ring (bicyclic) bond motifs is 1. The molecule has 1 aromatic carbocycles. The topological polar surface area (TPSA) is 54.2 Å². The highest BCUT2D eigenvalue weighted by Gasteiger charge is 2.11. The molecule has 88 valence electrons. The van der Waals surface area contributed by atoms with Gasteiger partial charge in [-0.05, 0) is 30.3 Å². The van der Waals surface area contributed by atoms with E-state index in [1.165, 1.54) is 0 Å². The molecule has 0 radical (unpaired) electrons. The lowest BCUT2D eigenvalue weighted by Crippen LogP contribution is -2.43. The minimum Gasteiger partial charge on any atom is -0.399 e. The van der Waals surface area contributed by atoms with E-state index in [9.17, 15) is 0 Å². The van der Waals surface area contributed by atoms with Crippen LogP contribution in [0.15, 0.2) is 30.3 Å². The first-order valence-corrected chi connectivity index (χ1v) is 5.95. The fourth-order valence-electron chi connectivity index (χ4n) is 2.20. The summed E-state index contributed by atoms with van der Waals surface area (Å²) in [7, 11) is 0. The van der Waals surface area contributed by atoms with Crippen molar-refractivity contribution in [1.82, 2.24) is 10.3 Å². The molecule has 3 rings (SSSR count). The molecule has 0 amide bonds. The minimum absolute atomic E-state index is 0.786. The van der Waals surface area contributed by atoms with E-state index in [0.29, 0.717) is 0 Å². The van der Waals surface area contributed by atoms with Gasteiger partial charge in [0.15, 0.2) is 0 Å². The summed E-state index contributed by atoms with van der Waals surface area (Å²) in [5, 5.41) is 4.44. The van der Waals surface area contributed by atoms with Gasteiger partial charge >= 0.3 is 0 Å². The van der Waals surface area contributed by atoms with Crippen molar-refractivity contribution in [3.8, 4) is 0 Å². The molecule has 0 unspecified atom stereocenters. The van der Waals surface area contributed by atoms with E-state index < -0.39 is 0 Å². The molecule has 2 heterocycles. The summed E-state index contributed by atoms with van der Waals surface area (Å²) in [6.07, 6.45) is 0. The summed E-state index contributed by atoms with van der Waals surface area (Å²) in [6.45, 7) is 4.10. The molecule has 1 fully saturated rings. The molecule has 0 aliphatic carbocycles. The molecular weight excluding hydrogens is 212 g/mol. The summed E-state index contributed by atoms with van der Waals surface area (Å²) < 4.78 is 0. The van der Waals surface area contributed by atoms with Crippen LogP contribution in [0.25, 0.3) is 10.9 Å². The summed E-state index contributed by atoms with van der Waals surface area (Å²) in [5.74, 6) is 1.06. The van der Waals surface area contributed by atoms with Crippen molar-refractivity contribution < 1.29 is 0 Å². The highest BCUT2D eigenvalue weighted by molar-refractivity contribution is 5.83. The summed E-state index contributed by atoms with van der Waals surface area (Å²) in [4.78, 5) is 6.99. The van der Waals surface area contributed by atoms with Crippen LogP contribution < -0.4 is 16.0 Å². The Morgan fingerprint density at radius 1 is 1.12 bits per heavy atom. The Bertz CT molecular complexity index is 532. The van der Waals surface area contributed by atoms with E-state index >= 15 is 0 Å². The smallest absolute Gasteiger partial charge is 0.129 e. The maximum absolute atomic E-state index is 5.76. The number of anilines is 2. The van der Waals surface area contributed by atoms with E-state index in [0.717, 1.165) is 48.6 Å². The number of nitrogens with one attached hydrogen (secondary N) is 1. The van der Waals surface area contributed by atoms with Gasteiger partial charge < -0.3 is 16.0 Å². The van der Waals surface area contributed by atoms with E-state index in [1.807, 2.05) is 18.2 Å². The number of nitrogens with zero attached hydrogens (tertiary/aromatic N) is 2. The van der Waals surface area contributed by atoms with Gasteiger partial charge in [0.2, 0.25) is 0 Å². The van der Waals surface area contributed by atoms with Crippen LogP contribution in [0.3, 0.4) is 0 Å². The van der Waals surface area contributed by atoms with Crippen molar-refractivity contribution in [2.24, 2.45) is 0 Å². The molecule has 1 aliphatic heterocycles. The third-order valence-corrected chi connectivity index (χ3v) is 3.14. The monoisotopic (exact) mass is 228 g/mol. The molecule has 0 bridgehead atoms. The Kier molecular flexibility index (Phi) is 2.57. The predicted octanol–water partition coefficient (Wildman–Crippen LogP) is 1.23. The Morgan fingerprint density at radius 2 is 1.94 bits per heavy atom. The van der Waals surface area contributed by atoms with Crippen molar-refractivity contribution in [3.05, 3.63) is 30.3 Å². The average molecular weight is 228 g/mol. The number of benzene rings is 1. The Labute approximate surface area is 100 Å². The zero-order chi connectivity index (χ0) is 11.7. The summed E-state index contributed by atoms with van der Waals surface area (Å²) in [6, 6.07) is 10.0. The third kappa shape index (κ3) is 2.03. The number of hydrogen-bond donors (Lipinski definition) is 2. The molecule has 4 heteroatoms. The van der Waals surface area contributed by atoms with Crippen LogP contribution in [0.2, 0.25) is 0 Å². The minimum atomic E-state index is 0.786. The standard InChI is InChI=1S/C13H16N4/c14-11-2-3-12-10(9-11)1-4-13(16-12)17-7-5-15-6-8-17/h1-4,9,15H,5-8,14H2. The van der Waals surface area contributed by atoms with Crippen LogP contribution in [0, 0.1) is 0 Å². The van der Waals surface area contributed by atoms with Crippen LogP contribution in [0.5, 0.6) is 0 Å². The van der Waals surface area contributed by atoms with Gasteiger partial charge in [0.05, 0.1) is 5.52 Å². The van der Waals surface area contributed by atoms with Crippen LogP contribution in [-0.2, 0) is 0 Å². The zero-order valence-electron chi connectivity index (χ0n) is 9.69. The molecule has 3 N–H and O–H groups in total. The Morgan fingerprint density at radius 3 is 2.76 bits per heavy atom. The lowest BCUT2D eigenvalue weighted by molar-refractivity contribution is 0.585. The van der Waals surface area contributed by atoms with Gasteiger partial charge in [-0.1, -0.05) is 0 Å². The van der Waals surface area contributed by atoms with Crippen LogP contribution in [0.1, 0.15) is 0 Å². The quantitative estimate of drug-likeness (QED) is 0.721. The molecule has 0 saturated carbocycles. The van der Waals surface area contributed by atoms with Crippen molar-refractivity contribution >= 4 is 22.4 Å². The molecule has 1 saturated heterocycles. The number of nitrogens with two attached hydrogens (primary N) is 1. The molecule has 2 aromatic rings. The average Bonchev–Trinajstić information content (AvgIpc) is 2.39. The van der Waals surface area contributed by atoms with Crippen LogP contribution >= 0.6 is 0 Å². The van der Waals surface area contributed by atoms with E-state index in [4.69, 9.17) is 5.73 Å². The van der Waals surface area contributed by atoms with Gasteiger partial charge in [-0.2, -0.15) is 0 Å². The van der Waals surface area contributed by atoms with E-state index in [-0.39, 0.29) is 0 Å². The highest BCUT2D eigenvalue weighted by atomic mass is 15.2. The first-order valence-electron chi connectivity index (χ1n) is 5.95. The second kappa shape index (κ2) is 4.22. The normalized spacial score (nSPS) is 16.4. The van der Waals surface area contributed by atoms with Crippen molar-refractivity contribution in [3.63, 3.8) is 0 Å². The lowest BCUT2D eigenvalue weighted by atomic mass is 10.2. The number of nitrogen functional groups attached to an aromatic ring is 1. The van der Waals surface area contributed by atoms with Crippen molar-refractivity contribution in [2.75, 3.05) is 36.8 Å². The molecule has 17 heavy (non-hydrogen) atoms. The van der Waals surface area contributed by atoms with Gasteiger partial charge in [0, 0.05) is 37.3 Å². The number of piperazine rings is 1. The summed E-state index contributed by atoms with van der Waals surface area (Å²) >= 11 is 0. The lowest BCUT2D eigenvalue weighted by Gasteiger charge is -2.28. The van der Waals surface area contributed by atoms with Crippen LogP contribution in [-0.4, -0.2) is 31.2 Å². The van der Waals surface area contributed by atoms with Crippen molar-refractivity contribution in [2.45, 2.75) is 0 Å². The number of pyridine rings is 1. The van der Waals surface area contributed by atoms with Gasteiger partial charge in [-0.25, -0.2) is 4.98 Å². The van der Waals surface area contributed by atoms with E-state index in [2.05, 4.69) is 27.3 Å². The molecule has 4 nitrogen and oxygen atoms in total. The second-order valence-corrected chi connectivity index (χ2v) is 4.36. The summed E-state index contributed by atoms with van der Waals surface area (Å²) in [5.41, 5.74) is 7.55. The predicted molar refractivity (Wildman–Crippen MR) is 71.2 cm³/mol. The third-order valence-electron chi connectivity index (χ3n) is 3.14. The Balaban J connectivity index is 1.98. The number of aromatic nitrogens is 1. The highest BCUT2D eigenvalue weighted by Crippen LogP contribution is 2.20. The van der Waals surface area contributed by atoms with Gasteiger partial charge in [-0.3, -0.25) is 0 Å². The second-order valence-electron chi connectivity index (χ2n) is 4.36. The molecule has 1 aromatic heterocycles. The largest absolute Gasteiger partial charge is 0.399 e. The fourth-order valence-corrected chi connectivity index (χ4v) is 2.20. The van der Waals surface area contributed by atoms with Gasteiger partial charge in [0.25, 0.3) is 0 Å². The maximum atomic E-state index is 5.76. The number of hydrogen-bond acceptors (Lipinski definition) is 4. The van der Waals surface area contributed by atoms with Gasteiger partial charge in [0.1, 0.15) is 5.82 Å². The van der Waals surface area contributed by atoms with Crippen LogP contribution in [0.4, 0.5) is 11.5 Å².